The average molecular weight is 167 g/mol. The third kappa shape index (κ3) is 1040. The van der Waals surface area contributed by atoms with Crippen molar-refractivity contribution in [1.82, 2.24) is 0 Å². The SMILES string of the molecule is C.C=[P+](C)C.CP(C)C. The zero-order chi connectivity index (χ0) is 7.15. The molecule has 0 saturated carbocycles. The van der Waals surface area contributed by atoms with Crippen molar-refractivity contribution in [2.45, 2.75) is 7.43 Å². The highest BCUT2D eigenvalue weighted by molar-refractivity contribution is 7.55. The topological polar surface area (TPSA) is 0 Å². The first kappa shape index (κ1) is 16.3. The third-order valence-corrected chi connectivity index (χ3v) is 0. The second-order valence-corrected chi connectivity index (χ2v) is 7.26. The van der Waals surface area contributed by atoms with Crippen LogP contribution in [0, 0.1) is 0 Å². The Hall–Kier alpha value is 0.600. The van der Waals surface area contributed by atoms with Crippen LogP contribution < -0.4 is 0 Å². The molecule has 0 radical (unpaired) electrons. The van der Waals surface area contributed by atoms with Crippen LogP contribution in [0.4, 0.5) is 0 Å². The van der Waals surface area contributed by atoms with Gasteiger partial charge in [0.1, 0.15) is 0 Å². The van der Waals surface area contributed by atoms with Crippen molar-refractivity contribution in [3.05, 3.63) is 0 Å². The molecular weight excluding hydrogens is 146 g/mol. The average Bonchev–Trinajstić information content (AvgIpc) is 1.25. The first-order chi connectivity index (χ1) is 3.46. The fraction of sp³-hybridized carbons (Fsp3) is 0.857. The lowest BCUT2D eigenvalue weighted by Gasteiger charge is -1.81. The molecule has 0 fully saturated rings. The third-order valence-electron chi connectivity index (χ3n) is 0. The molecule has 0 aliphatic heterocycles. The molecule has 0 atom stereocenters. The summed E-state index contributed by atoms with van der Waals surface area (Å²) in [7, 11) is 0.509. The fourth-order valence-corrected chi connectivity index (χ4v) is 0. The molecule has 2 heteroatoms. The van der Waals surface area contributed by atoms with Gasteiger partial charge in [0.25, 0.3) is 0 Å². The van der Waals surface area contributed by atoms with Gasteiger partial charge in [-0.15, -0.1) is 7.92 Å². The number of hydrogen-bond donors (Lipinski definition) is 0. The molecule has 0 spiro atoms. The molecule has 0 amide bonds. The van der Waals surface area contributed by atoms with E-state index in [0.29, 0.717) is 7.92 Å². The Morgan fingerprint density at radius 1 is 1.11 bits per heavy atom. The minimum atomic E-state index is 0. The summed E-state index contributed by atoms with van der Waals surface area (Å²) in [6.45, 7) is 10.9. The normalized spacial score (nSPS) is 6.89. The van der Waals surface area contributed by atoms with Crippen molar-refractivity contribution in [2.75, 3.05) is 33.3 Å². The van der Waals surface area contributed by atoms with Crippen molar-refractivity contribution >= 4 is 21.8 Å². The van der Waals surface area contributed by atoms with Gasteiger partial charge >= 0.3 is 0 Å². The van der Waals surface area contributed by atoms with E-state index in [1.165, 1.54) is 0 Å². The lowest BCUT2D eigenvalue weighted by atomic mass is 11.9. The number of rotatable bonds is 0. The maximum Gasteiger partial charge on any atom is 0.0951 e. The molecule has 0 aromatic carbocycles. The predicted molar refractivity (Wildman–Crippen MR) is 57.3 cm³/mol. The standard InChI is InChI=1S/C3H9P.C3H8P.CH4/c2*1-4(2)3;/h1-3H3;1H2,2-3H3;1H4/q;+1;. The van der Waals surface area contributed by atoms with Crippen molar-refractivity contribution in [3.8, 4) is 0 Å². The van der Waals surface area contributed by atoms with Crippen LogP contribution in [0.3, 0.4) is 0 Å². The highest BCUT2D eigenvalue weighted by Gasteiger charge is 1.67. The van der Waals surface area contributed by atoms with Crippen LogP contribution in [-0.4, -0.2) is 39.6 Å². The monoisotopic (exact) mass is 167 g/mol. The van der Waals surface area contributed by atoms with E-state index in [1.807, 2.05) is 0 Å². The fourth-order valence-electron chi connectivity index (χ4n) is 0. The minimum absolute atomic E-state index is 0. The molecule has 0 aliphatic rings. The van der Waals surface area contributed by atoms with Gasteiger partial charge in [0.05, 0.1) is 27.2 Å². The Morgan fingerprint density at radius 2 is 1.11 bits per heavy atom. The van der Waals surface area contributed by atoms with Crippen LogP contribution >= 0.6 is 15.5 Å². The zero-order valence-corrected chi connectivity index (χ0v) is 8.39. The molecule has 0 N–H and O–H groups in total. The van der Waals surface area contributed by atoms with Gasteiger partial charge in [0, 0.05) is 0 Å². The first-order valence-corrected chi connectivity index (χ1v) is 7.66. The van der Waals surface area contributed by atoms with Crippen molar-refractivity contribution in [3.63, 3.8) is 0 Å². The Morgan fingerprint density at radius 3 is 1.11 bits per heavy atom. The van der Waals surface area contributed by atoms with Gasteiger partial charge in [-0.3, -0.25) is 0 Å². The summed E-state index contributed by atoms with van der Waals surface area (Å²) in [6, 6.07) is 0. The van der Waals surface area contributed by atoms with Crippen LogP contribution in [0.5, 0.6) is 0 Å². The smallest absolute Gasteiger partial charge is 0.0951 e. The van der Waals surface area contributed by atoms with E-state index in [1.54, 1.807) is 0 Å². The lowest BCUT2D eigenvalue weighted by Crippen LogP contribution is -1.48. The molecule has 9 heavy (non-hydrogen) atoms. The van der Waals surface area contributed by atoms with Gasteiger partial charge in [0.2, 0.25) is 0 Å². The van der Waals surface area contributed by atoms with E-state index in [4.69, 9.17) is 0 Å². The quantitative estimate of drug-likeness (QED) is 0.486. The molecule has 0 saturated heterocycles. The second kappa shape index (κ2) is 11.4. The minimum Gasteiger partial charge on any atom is -0.116 e. The van der Waals surface area contributed by atoms with Gasteiger partial charge in [-0.2, -0.15) is 0 Å². The van der Waals surface area contributed by atoms with Crippen LogP contribution in [0.2, 0.25) is 0 Å². The van der Waals surface area contributed by atoms with Gasteiger partial charge in [-0.05, 0) is 20.0 Å². The number of hydrogen-bond acceptors (Lipinski definition) is 0. The maximum absolute atomic E-state index is 3.70. The van der Waals surface area contributed by atoms with Crippen LogP contribution in [0.1, 0.15) is 7.43 Å². The Kier molecular flexibility index (Phi) is 20.7. The summed E-state index contributed by atoms with van der Waals surface area (Å²) in [4.78, 5) is 0. The van der Waals surface area contributed by atoms with E-state index in [9.17, 15) is 0 Å². The van der Waals surface area contributed by atoms with E-state index < -0.39 is 0 Å². The highest BCUT2D eigenvalue weighted by atomic mass is 31.1. The summed E-state index contributed by atoms with van der Waals surface area (Å²) >= 11 is 0. The van der Waals surface area contributed by atoms with E-state index in [0.717, 1.165) is 0 Å². The summed E-state index contributed by atoms with van der Waals surface area (Å²) in [6.07, 6.45) is 3.70. The van der Waals surface area contributed by atoms with E-state index in [-0.39, 0.29) is 15.0 Å². The van der Waals surface area contributed by atoms with Crippen LogP contribution in [-0.2, 0) is 0 Å². The molecule has 58 valence electrons. The Balaban J connectivity index is -0.0000000720. The largest absolute Gasteiger partial charge is 0.116 e. The molecular formula is C7H21P2+. The molecule has 0 heterocycles. The summed E-state index contributed by atoms with van der Waals surface area (Å²) < 4.78 is 0. The van der Waals surface area contributed by atoms with Crippen molar-refractivity contribution in [2.24, 2.45) is 0 Å². The van der Waals surface area contributed by atoms with Crippen molar-refractivity contribution < 1.29 is 0 Å². The summed E-state index contributed by atoms with van der Waals surface area (Å²) in [5.74, 6) is 0. The summed E-state index contributed by atoms with van der Waals surface area (Å²) in [5, 5.41) is 0. The lowest BCUT2D eigenvalue weighted by molar-refractivity contribution is 2.13. The van der Waals surface area contributed by atoms with Crippen LogP contribution in [0.15, 0.2) is 0 Å². The molecule has 0 rings (SSSR count). The summed E-state index contributed by atoms with van der Waals surface area (Å²) in [5.41, 5.74) is 0. The first-order valence-electron chi connectivity index (χ1n) is 2.55. The van der Waals surface area contributed by atoms with Gasteiger partial charge in [-0.1, -0.05) is 7.43 Å². The zero-order valence-electron chi connectivity index (χ0n) is 6.60. The molecule has 0 unspecified atom stereocenters. The molecule has 0 aromatic rings. The van der Waals surface area contributed by atoms with Gasteiger partial charge in [0.15, 0.2) is 0 Å². The van der Waals surface area contributed by atoms with E-state index in [2.05, 4.69) is 39.6 Å². The molecule has 0 aliphatic carbocycles. The Bertz CT molecular complexity index is 51.2. The van der Waals surface area contributed by atoms with E-state index >= 15 is 0 Å². The maximum atomic E-state index is 3.70. The predicted octanol–water partition coefficient (Wildman–Crippen LogP) is 3.15. The molecule has 0 aromatic heterocycles. The molecule has 0 bridgehead atoms. The van der Waals surface area contributed by atoms with Gasteiger partial charge < -0.3 is 0 Å². The van der Waals surface area contributed by atoms with Crippen molar-refractivity contribution in [1.29, 1.82) is 0 Å². The highest BCUT2D eigenvalue weighted by Crippen LogP contribution is 2.14. The van der Waals surface area contributed by atoms with Crippen LogP contribution in [0.25, 0.3) is 0 Å². The Labute approximate surface area is 63.2 Å². The second-order valence-electron chi connectivity index (χ2n) is 2.42. The molecule has 0 nitrogen and oxygen atoms in total. The van der Waals surface area contributed by atoms with Gasteiger partial charge in [-0.25, -0.2) is 0 Å².